The van der Waals surface area contributed by atoms with Crippen LogP contribution in [-0.4, -0.2) is 42.5 Å². The topological polar surface area (TPSA) is 92.6 Å². The highest BCUT2D eigenvalue weighted by Crippen LogP contribution is 2.30. The van der Waals surface area contributed by atoms with Crippen LogP contribution >= 0.6 is 0 Å². The molecule has 0 amide bonds. The number of benzene rings is 1. The Morgan fingerprint density at radius 1 is 1.11 bits per heavy atom. The minimum atomic E-state index is -0.649. The van der Waals surface area contributed by atoms with Crippen LogP contribution in [0.25, 0.3) is 0 Å². The van der Waals surface area contributed by atoms with Crippen molar-refractivity contribution in [3.8, 4) is 0 Å². The Hall–Kier alpha value is -3.22. The van der Waals surface area contributed by atoms with E-state index in [4.69, 9.17) is 14.9 Å². The van der Waals surface area contributed by atoms with Gasteiger partial charge in [-0.05, 0) is 32.8 Å². The number of carbonyl (C=O) groups excluding carboxylic acids is 2. The number of ether oxygens (including phenoxy) is 2. The van der Waals surface area contributed by atoms with Crippen molar-refractivity contribution in [2.24, 2.45) is 0 Å². The van der Waals surface area contributed by atoms with Gasteiger partial charge in [-0.3, -0.25) is 5.41 Å². The molecule has 28 heavy (non-hydrogen) atoms. The van der Waals surface area contributed by atoms with E-state index in [0.29, 0.717) is 30.2 Å². The Balaban J connectivity index is 2.07. The molecule has 1 aromatic heterocycles. The number of hydrogen-bond acceptors (Lipinski definition) is 6. The van der Waals surface area contributed by atoms with Crippen molar-refractivity contribution >= 4 is 23.5 Å². The summed E-state index contributed by atoms with van der Waals surface area (Å²) in [5.41, 5.74) is 2.11. The average molecular weight is 381 g/mol. The Morgan fingerprint density at radius 3 is 2.46 bits per heavy atom. The summed E-state index contributed by atoms with van der Waals surface area (Å²) in [5, 5.41) is 8.61. The van der Waals surface area contributed by atoms with Crippen LogP contribution in [0.2, 0.25) is 0 Å². The Bertz CT molecular complexity index is 896. The Morgan fingerprint density at radius 2 is 1.79 bits per heavy atom. The van der Waals surface area contributed by atoms with Gasteiger partial charge in [0.05, 0.1) is 30.2 Å². The minimum absolute atomic E-state index is 0.0351. The largest absolute Gasteiger partial charge is 0.462 e. The second-order valence-corrected chi connectivity index (χ2v) is 6.26. The second-order valence-electron chi connectivity index (χ2n) is 6.26. The van der Waals surface area contributed by atoms with Crippen molar-refractivity contribution in [1.82, 2.24) is 4.98 Å². The number of pyridine rings is 1. The van der Waals surface area contributed by atoms with Crippen molar-refractivity contribution in [1.29, 1.82) is 5.41 Å². The molecule has 0 saturated carbocycles. The lowest BCUT2D eigenvalue weighted by atomic mass is 10.0. The minimum Gasteiger partial charge on any atom is -0.462 e. The monoisotopic (exact) mass is 381 g/mol. The fourth-order valence-corrected chi connectivity index (χ4v) is 3.19. The SMILES string of the molecule is CCOC(=O)c1cc2c(nc1C(=O)OCC)CCCN2C(=N)c1ccccc1. The molecule has 3 rings (SSSR count). The van der Waals surface area contributed by atoms with E-state index in [0.717, 1.165) is 12.0 Å². The molecule has 1 N–H and O–H groups in total. The van der Waals surface area contributed by atoms with Crippen LogP contribution in [-0.2, 0) is 15.9 Å². The zero-order chi connectivity index (χ0) is 20.1. The van der Waals surface area contributed by atoms with Gasteiger partial charge in [0.1, 0.15) is 5.84 Å². The van der Waals surface area contributed by atoms with E-state index in [1.165, 1.54) is 0 Å². The predicted octanol–water partition coefficient (Wildman–Crippen LogP) is 3.21. The van der Waals surface area contributed by atoms with Crippen molar-refractivity contribution < 1.29 is 19.1 Å². The molecule has 0 bridgehead atoms. The summed E-state index contributed by atoms with van der Waals surface area (Å²) in [6.07, 6.45) is 1.44. The van der Waals surface area contributed by atoms with Crippen molar-refractivity contribution in [3.05, 3.63) is 58.9 Å². The van der Waals surface area contributed by atoms with E-state index in [2.05, 4.69) is 4.98 Å². The number of fused-ring (bicyclic) bond motifs is 1. The highest BCUT2D eigenvalue weighted by molar-refractivity contribution is 6.10. The molecule has 0 aliphatic carbocycles. The van der Waals surface area contributed by atoms with Crippen LogP contribution in [0.1, 0.15) is 52.4 Å². The van der Waals surface area contributed by atoms with Gasteiger partial charge in [-0.2, -0.15) is 0 Å². The van der Waals surface area contributed by atoms with Gasteiger partial charge in [0.2, 0.25) is 0 Å². The summed E-state index contributed by atoms with van der Waals surface area (Å²) in [6.45, 7) is 4.39. The number of amidine groups is 1. The molecule has 0 radical (unpaired) electrons. The summed E-state index contributed by atoms with van der Waals surface area (Å²) in [5.74, 6) is -0.955. The third kappa shape index (κ3) is 3.88. The smallest absolute Gasteiger partial charge is 0.357 e. The summed E-state index contributed by atoms with van der Waals surface area (Å²) < 4.78 is 10.2. The first-order chi connectivity index (χ1) is 13.6. The van der Waals surface area contributed by atoms with Crippen LogP contribution in [0.15, 0.2) is 36.4 Å². The maximum Gasteiger partial charge on any atom is 0.357 e. The molecular weight excluding hydrogens is 358 g/mol. The lowest BCUT2D eigenvalue weighted by Crippen LogP contribution is -2.36. The number of carbonyl (C=O) groups is 2. The molecule has 7 nitrogen and oxygen atoms in total. The highest BCUT2D eigenvalue weighted by Gasteiger charge is 2.29. The van der Waals surface area contributed by atoms with E-state index in [9.17, 15) is 9.59 Å². The van der Waals surface area contributed by atoms with E-state index in [-0.39, 0.29) is 24.5 Å². The highest BCUT2D eigenvalue weighted by atomic mass is 16.5. The third-order valence-electron chi connectivity index (χ3n) is 4.45. The van der Waals surface area contributed by atoms with Crippen molar-refractivity contribution in [2.75, 3.05) is 24.7 Å². The standard InChI is InChI=1S/C21H23N3O4/c1-3-27-20(25)15-13-17-16(23-18(15)21(26)28-4-2)11-8-12-24(17)19(22)14-9-6-5-7-10-14/h5-7,9-10,13,22H,3-4,8,11-12H2,1-2H3. The third-order valence-corrected chi connectivity index (χ3v) is 4.45. The first-order valence-corrected chi connectivity index (χ1v) is 9.36. The van der Waals surface area contributed by atoms with Crippen LogP contribution in [0.5, 0.6) is 0 Å². The molecule has 0 spiro atoms. The fraction of sp³-hybridized carbons (Fsp3) is 0.333. The molecular formula is C21H23N3O4. The summed E-state index contributed by atoms with van der Waals surface area (Å²) >= 11 is 0. The quantitative estimate of drug-likeness (QED) is 0.486. The normalized spacial score (nSPS) is 12.9. The zero-order valence-electron chi connectivity index (χ0n) is 16.0. The Kier molecular flexibility index (Phi) is 6.03. The predicted molar refractivity (Wildman–Crippen MR) is 105 cm³/mol. The lowest BCUT2D eigenvalue weighted by Gasteiger charge is -2.31. The van der Waals surface area contributed by atoms with Gasteiger partial charge >= 0.3 is 11.9 Å². The van der Waals surface area contributed by atoms with E-state index >= 15 is 0 Å². The molecule has 0 saturated heterocycles. The van der Waals surface area contributed by atoms with Crippen LogP contribution in [0, 0.1) is 5.41 Å². The second kappa shape index (κ2) is 8.65. The zero-order valence-corrected chi connectivity index (χ0v) is 16.0. The molecule has 2 heterocycles. The molecule has 146 valence electrons. The first-order valence-electron chi connectivity index (χ1n) is 9.36. The molecule has 1 aromatic carbocycles. The van der Waals surface area contributed by atoms with Gasteiger partial charge in [0.25, 0.3) is 0 Å². The molecule has 0 unspecified atom stereocenters. The number of nitrogens with one attached hydrogen (secondary N) is 1. The average Bonchev–Trinajstić information content (AvgIpc) is 2.72. The first kappa shape index (κ1) is 19.5. The van der Waals surface area contributed by atoms with Crippen molar-refractivity contribution in [2.45, 2.75) is 26.7 Å². The number of aryl methyl sites for hydroxylation is 1. The van der Waals surface area contributed by atoms with Gasteiger partial charge in [0.15, 0.2) is 5.69 Å². The van der Waals surface area contributed by atoms with E-state index < -0.39 is 11.9 Å². The number of nitrogens with zero attached hydrogens (tertiary/aromatic N) is 2. The van der Waals surface area contributed by atoms with E-state index in [1.54, 1.807) is 19.9 Å². The maximum atomic E-state index is 12.5. The van der Waals surface area contributed by atoms with Gasteiger partial charge in [-0.25, -0.2) is 14.6 Å². The van der Waals surface area contributed by atoms with Gasteiger partial charge in [-0.15, -0.1) is 0 Å². The molecule has 1 aliphatic heterocycles. The maximum absolute atomic E-state index is 12.5. The lowest BCUT2D eigenvalue weighted by molar-refractivity contribution is 0.0473. The number of hydrogen-bond donors (Lipinski definition) is 1. The summed E-state index contributed by atoms with van der Waals surface area (Å²) in [7, 11) is 0. The number of anilines is 1. The number of esters is 2. The van der Waals surface area contributed by atoms with E-state index in [1.807, 2.05) is 35.2 Å². The molecule has 0 fully saturated rings. The van der Waals surface area contributed by atoms with Crippen molar-refractivity contribution in [3.63, 3.8) is 0 Å². The molecule has 2 aromatic rings. The fourth-order valence-electron chi connectivity index (χ4n) is 3.19. The van der Waals surface area contributed by atoms with Crippen LogP contribution in [0.4, 0.5) is 5.69 Å². The summed E-state index contributed by atoms with van der Waals surface area (Å²) in [6, 6.07) is 11.0. The molecule has 1 aliphatic rings. The summed E-state index contributed by atoms with van der Waals surface area (Å²) in [4.78, 5) is 31.1. The number of aromatic nitrogens is 1. The molecule has 0 atom stereocenters. The molecule has 7 heteroatoms. The van der Waals surface area contributed by atoms with Gasteiger partial charge < -0.3 is 14.4 Å². The van der Waals surface area contributed by atoms with Gasteiger partial charge in [0, 0.05) is 12.1 Å². The Labute approximate surface area is 163 Å². The van der Waals surface area contributed by atoms with Crippen LogP contribution in [0.3, 0.4) is 0 Å². The van der Waals surface area contributed by atoms with Crippen LogP contribution < -0.4 is 4.90 Å². The number of rotatable bonds is 5. The van der Waals surface area contributed by atoms with Gasteiger partial charge in [-0.1, -0.05) is 30.3 Å².